The van der Waals surface area contributed by atoms with Gasteiger partial charge in [-0.25, -0.2) is 0 Å². The van der Waals surface area contributed by atoms with Gasteiger partial charge in [-0.3, -0.25) is 4.79 Å². The van der Waals surface area contributed by atoms with Crippen molar-refractivity contribution in [3.63, 3.8) is 0 Å². The number of thioether (sulfide) groups is 1. The average Bonchev–Trinajstić information content (AvgIpc) is 2.63. The summed E-state index contributed by atoms with van der Waals surface area (Å²) in [4.78, 5) is 11.2. The van der Waals surface area contributed by atoms with Gasteiger partial charge in [-0.05, 0) is 29.9 Å². The minimum absolute atomic E-state index is 0.0396. The highest BCUT2D eigenvalue weighted by Crippen LogP contribution is 2.46. The fourth-order valence-electron chi connectivity index (χ4n) is 2.80. The molecule has 4 heteroatoms. The van der Waals surface area contributed by atoms with Crippen LogP contribution in [-0.4, -0.2) is 24.3 Å². The summed E-state index contributed by atoms with van der Waals surface area (Å²) >= 11 is 1.87. The molecule has 0 spiro atoms. The summed E-state index contributed by atoms with van der Waals surface area (Å²) in [6, 6.07) is 13.6. The Morgan fingerprint density at radius 3 is 2.54 bits per heavy atom. The van der Waals surface area contributed by atoms with Gasteiger partial charge in [0, 0.05) is 22.3 Å². The SMILES string of the molecule is CCCSC(c1ccccc1)C(C)c1cc(C=O)cc(OC)c1O. The minimum Gasteiger partial charge on any atom is -0.504 e. The minimum atomic E-state index is 0.0396. The topological polar surface area (TPSA) is 46.5 Å². The first kappa shape index (κ1) is 18.4. The van der Waals surface area contributed by atoms with E-state index in [1.807, 2.05) is 30.0 Å². The molecule has 0 amide bonds. The van der Waals surface area contributed by atoms with Crippen LogP contribution in [0.4, 0.5) is 0 Å². The van der Waals surface area contributed by atoms with Gasteiger partial charge < -0.3 is 9.84 Å². The highest BCUT2D eigenvalue weighted by Gasteiger charge is 2.25. The molecule has 2 unspecified atom stereocenters. The molecule has 1 N–H and O–H groups in total. The lowest BCUT2D eigenvalue weighted by Gasteiger charge is -2.26. The van der Waals surface area contributed by atoms with E-state index >= 15 is 0 Å². The number of carbonyl (C=O) groups excluding carboxylic acids is 1. The van der Waals surface area contributed by atoms with Crippen molar-refractivity contribution in [2.75, 3.05) is 12.9 Å². The lowest BCUT2D eigenvalue weighted by Crippen LogP contribution is -2.07. The van der Waals surface area contributed by atoms with Gasteiger partial charge in [0.05, 0.1) is 7.11 Å². The molecule has 0 aromatic heterocycles. The molecule has 0 heterocycles. The van der Waals surface area contributed by atoms with Gasteiger partial charge in [0.25, 0.3) is 0 Å². The molecule has 0 fully saturated rings. The van der Waals surface area contributed by atoms with E-state index in [4.69, 9.17) is 4.74 Å². The van der Waals surface area contributed by atoms with Crippen LogP contribution in [-0.2, 0) is 0 Å². The third-order valence-corrected chi connectivity index (χ3v) is 5.74. The maximum atomic E-state index is 11.2. The number of benzene rings is 2. The number of rotatable bonds is 8. The molecule has 2 atom stereocenters. The Labute approximate surface area is 148 Å². The monoisotopic (exact) mass is 344 g/mol. The van der Waals surface area contributed by atoms with E-state index in [1.165, 1.54) is 12.7 Å². The molecule has 0 saturated heterocycles. The number of methoxy groups -OCH3 is 1. The van der Waals surface area contributed by atoms with E-state index < -0.39 is 0 Å². The summed E-state index contributed by atoms with van der Waals surface area (Å²) in [7, 11) is 1.50. The van der Waals surface area contributed by atoms with E-state index in [1.54, 1.807) is 12.1 Å². The molecule has 0 aliphatic carbocycles. The van der Waals surface area contributed by atoms with E-state index in [0.29, 0.717) is 11.3 Å². The summed E-state index contributed by atoms with van der Waals surface area (Å²) in [5.74, 6) is 1.54. The Kier molecular flexibility index (Phi) is 6.73. The third-order valence-electron chi connectivity index (χ3n) is 4.06. The maximum absolute atomic E-state index is 11.2. The van der Waals surface area contributed by atoms with Gasteiger partial charge in [-0.1, -0.05) is 44.2 Å². The van der Waals surface area contributed by atoms with Crippen LogP contribution in [0, 0.1) is 0 Å². The molecular weight excluding hydrogens is 320 g/mol. The van der Waals surface area contributed by atoms with Crippen molar-refractivity contribution in [2.45, 2.75) is 31.4 Å². The van der Waals surface area contributed by atoms with Gasteiger partial charge >= 0.3 is 0 Å². The van der Waals surface area contributed by atoms with Crippen LogP contribution >= 0.6 is 11.8 Å². The highest BCUT2D eigenvalue weighted by atomic mass is 32.2. The van der Waals surface area contributed by atoms with Crippen molar-refractivity contribution in [2.24, 2.45) is 0 Å². The molecule has 0 bridgehead atoms. The molecular formula is C20H24O3S. The highest BCUT2D eigenvalue weighted by molar-refractivity contribution is 7.99. The Hall–Kier alpha value is -1.94. The smallest absolute Gasteiger partial charge is 0.161 e. The number of aromatic hydroxyl groups is 1. The predicted molar refractivity (Wildman–Crippen MR) is 100 cm³/mol. The molecule has 2 aromatic rings. The van der Waals surface area contributed by atoms with E-state index in [0.717, 1.165) is 24.0 Å². The zero-order valence-electron chi connectivity index (χ0n) is 14.4. The zero-order chi connectivity index (χ0) is 17.5. The third kappa shape index (κ3) is 4.12. The zero-order valence-corrected chi connectivity index (χ0v) is 15.2. The summed E-state index contributed by atoms with van der Waals surface area (Å²) < 4.78 is 5.23. The number of phenols is 1. The molecule has 2 aromatic carbocycles. The first-order valence-corrected chi connectivity index (χ1v) is 9.19. The Balaban J connectivity index is 2.45. The standard InChI is InChI=1S/C20H24O3S/c1-4-10-24-20(16-8-6-5-7-9-16)14(2)17-11-15(13-21)12-18(23-3)19(17)22/h5-9,11-14,20,22H,4,10H2,1-3H3. The largest absolute Gasteiger partial charge is 0.504 e. The predicted octanol–water partition coefficient (Wildman–Crippen LogP) is 5.20. The molecule has 128 valence electrons. The van der Waals surface area contributed by atoms with Gasteiger partial charge in [-0.2, -0.15) is 11.8 Å². The number of carbonyl (C=O) groups is 1. The Morgan fingerprint density at radius 2 is 1.96 bits per heavy atom. The second kappa shape index (κ2) is 8.78. The van der Waals surface area contributed by atoms with Crippen molar-refractivity contribution in [3.05, 3.63) is 59.2 Å². The summed E-state index contributed by atoms with van der Waals surface area (Å²) in [5.41, 5.74) is 2.48. The van der Waals surface area contributed by atoms with E-state index in [2.05, 4.69) is 26.0 Å². The number of hydrogen-bond donors (Lipinski definition) is 1. The molecule has 3 nitrogen and oxygen atoms in total. The van der Waals surface area contributed by atoms with Crippen molar-refractivity contribution in [1.29, 1.82) is 0 Å². The molecule has 24 heavy (non-hydrogen) atoms. The van der Waals surface area contributed by atoms with Crippen molar-refractivity contribution in [3.8, 4) is 11.5 Å². The van der Waals surface area contributed by atoms with E-state index in [9.17, 15) is 9.90 Å². The quantitative estimate of drug-likeness (QED) is 0.669. The van der Waals surface area contributed by atoms with Crippen molar-refractivity contribution >= 4 is 18.0 Å². The van der Waals surface area contributed by atoms with Crippen LogP contribution < -0.4 is 4.74 Å². The number of phenolic OH excluding ortho intramolecular Hbond substituents is 1. The fourth-order valence-corrected chi connectivity index (χ4v) is 4.08. The van der Waals surface area contributed by atoms with Gasteiger partial charge in [0.15, 0.2) is 11.5 Å². The number of ether oxygens (including phenoxy) is 1. The Bertz CT molecular complexity index is 670. The summed E-state index contributed by atoms with van der Waals surface area (Å²) in [5, 5.41) is 10.7. The maximum Gasteiger partial charge on any atom is 0.161 e. The fraction of sp³-hybridized carbons (Fsp3) is 0.350. The van der Waals surface area contributed by atoms with Crippen LogP contribution in [0.15, 0.2) is 42.5 Å². The van der Waals surface area contributed by atoms with Crippen LogP contribution in [0.1, 0.15) is 52.9 Å². The first-order valence-electron chi connectivity index (χ1n) is 8.15. The van der Waals surface area contributed by atoms with Gasteiger partial charge in [0.1, 0.15) is 6.29 Å². The second-order valence-corrected chi connectivity index (χ2v) is 7.02. The van der Waals surface area contributed by atoms with E-state index in [-0.39, 0.29) is 16.9 Å². The molecule has 0 aliphatic heterocycles. The van der Waals surface area contributed by atoms with Crippen molar-refractivity contribution < 1.29 is 14.6 Å². The van der Waals surface area contributed by atoms with Crippen LogP contribution in [0.25, 0.3) is 0 Å². The molecule has 0 radical (unpaired) electrons. The van der Waals surface area contributed by atoms with Crippen LogP contribution in [0.5, 0.6) is 11.5 Å². The van der Waals surface area contributed by atoms with Gasteiger partial charge in [-0.15, -0.1) is 0 Å². The number of hydrogen-bond acceptors (Lipinski definition) is 4. The lowest BCUT2D eigenvalue weighted by atomic mass is 9.91. The van der Waals surface area contributed by atoms with Crippen LogP contribution in [0.2, 0.25) is 0 Å². The average molecular weight is 344 g/mol. The normalized spacial score (nSPS) is 13.3. The number of aldehydes is 1. The second-order valence-electron chi connectivity index (χ2n) is 5.77. The van der Waals surface area contributed by atoms with Gasteiger partial charge in [0.2, 0.25) is 0 Å². The molecule has 0 aliphatic rings. The molecule has 0 saturated carbocycles. The molecule has 2 rings (SSSR count). The Morgan fingerprint density at radius 1 is 1.25 bits per heavy atom. The lowest BCUT2D eigenvalue weighted by molar-refractivity contribution is 0.112. The van der Waals surface area contributed by atoms with Crippen LogP contribution in [0.3, 0.4) is 0 Å². The summed E-state index contributed by atoms with van der Waals surface area (Å²) in [6.07, 6.45) is 1.87. The summed E-state index contributed by atoms with van der Waals surface area (Å²) in [6.45, 7) is 4.25. The first-order chi connectivity index (χ1) is 11.6. The van der Waals surface area contributed by atoms with Crippen molar-refractivity contribution in [1.82, 2.24) is 0 Å².